The number of carbonyl (C=O) groups is 1. The highest BCUT2D eigenvalue weighted by atomic mass is 16.1. The van der Waals surface area contributed by atoms with E-state index in [9.17, 15) is 4.79 Å². The van der Waals surface area contributed by atoms with Gasteiger partial charge in [0.2, 0.25) is 0 Å². The summed E-state index contributed by atoms with van der Waals surface area (Å²) in [6.45, 7) is 5.78. The third-order valence-electron chi connectivity index (χ3n) is 4.36. The quantitative estimate of drug-likeness (QED) is 0.927. The highest BCUT2D eigenvalue weighted by Gasteiger charge is 2.18. The molecule has 2 heterocycles. The van der Waals surface area contributed by atoms with E-state index in [-0.39, 0.29) is 11.9 Å². The second kappa shape index (κ2) is 7.40. The molecule has 0 radical (unpaired) electrons. The summed E-state index contributed by atoms with van der Waals surface area (Å²) in [5.74, 6) is 0.639. The predicted octanol–water partition coefficient (Wildman–Crippen LogP) is 1.72. The Morgan fingerprint density at radius 1 is 1.12 bits per heavy atom. The first kappa shape index (κ1) is 16.4. The van der Waals surface area contributed by atoms with Gasteiger partial charge in [0.25, 0.3) is 5.91 Å². The van der Waals surface area contributed by atoms with Crippen LogP contribution in [0.25, 0.3) is 0 Å². The molecule has 24 heavy (non-hydrogen) atoms. The lowest BCUT2D eigenvalue weighted by molar-refractivity contribution is 0.0934. The Morgan fingerprint density at radius 3 is 2.54 bits per heavy atom. The van der Waals surface area contributed by atoms with E-state index in [4.69, 9.17) is 0 Å². The third-order valence-corrected chi connectivity index (χ3v) is 4.36. The van der Waals surface area contributed by atoms with Gasteiger partial charge in [-0.05, 0) is 19.5 Å². The summed E-state index contributed by atoms with van der Waals surface area (Å²) in [6, 6.07) is 11.6. The second-order valence-corrected chi connectivity index (χ2v) is 6.16. The van der Waals surface area contributed by atoms with Gasteiger partial charge in [0.15, 0.2) is 0 Å². The number of likely N-dealkylation sites (N-methyl/N-ethyl adjacent to an activating group) is 1. The van der Waals surface area contributed by atoms with Gasteiger partial charge in [-0.15, -0.1) is 0 Å². The maximum atomic E-state index is 12.5. The zero-order valence-corrected chi connectivity index (χ0v) is 14.1. The molecule has 0 saturated carbocycles. The molecule has 1 aliphatic rings. The lowest BCUT2D eigenvalue weighted by atomic mass is 10.1. The zero-order chi connectivity index (χ0) is 16.9. The average molecular weight is 325 g/mol. The van der Waals surface area contributed by atoms with Crippen LogP contribution in [-0.2, 0) is 0 Å². The molecule has 1 fully saturated rings. The number of benzene rings is 1. The minimum absolute atomic E-state index is 0.0687. The van der Waals surface area contributed by atoms with Crippen LogP contribution >= 0.6 is 0 Å². The third kappa shape index (κ3) is 3.89. The van der Waals surface area contributed by atoms with E-state index in [0.717, 1.165) is 37.6 Å². The lowest BCUT2D eigenvalue weighted by Gasteiger charge is -2.33. The normalized spacial score (nSPS) is 16.7. The van der Waals surface area contributed by atoms with Crippen molar-refractivity contribution in [2.75, 3.05) is 38.1 Å². The molecule has 0 bridgehead atoms. The fourth-order valence-electron chi connectivity index (χ4n) is 2.78. The molecule has 1 aliphatic heterocycles. The Morgan fingerprint density at radius 2 is 1.83 bits per heavy atom. The molecule has 1 amide bonds. The Bertz CT molecular complexity index is 683. The van der Waals surface area contributed by atoms with E-state index in [2.05, 4.69) is 32.1 Å². The van der Waals surface area contributed by atoms with Crippen LogP contribution in [0.5, 0.6) is 0 Å². The van der Waals surface area contributed by atoms with E-state index in [1.165, 1.54) is 6.33 Å². The van der Waals surface area contributed by atoms with E-state index >= 15 is 0 Å². The summed E-state index contributed by atoms with van der Waals surface area (Å²) in [6.07, 6.45) is 1.47. The van der Waals surface area contributed by atoms with E-state index in [0.29, 0.717) is 5.69 Å². The van der Waals surface area contributed by atoms with Crippen LogP contribution in [0, 0.1) is 0 Å². The average Bonchev–Trinajstić information content (AvgIpc) is 2.63. The number of carbonyl (C=O) groups excluding carboxylic acids is 1. The first-order valence-corrected chi connectivity index (χ1v) is 8.25. The number of nitrogens with one attached hydrogen (secondary N) is 1. The van der Waals surface area contributed by atoms with Gasteiger partial charge in [0.1, 0.15) is 17.8 Å². The predicted molar refractivity (Wildman–Crippen MR) is 94.1 cm³/mol. The van der Waals surface area contributed by atoms with Gasteiger partial charge in [0.05, 0.1) is 6.04 Å². The van der Waals surface area contributed by atoms with Crippen molar-refractivity contribution in [3.8, 4) is 0 Å². The first-order chi connectivity index (χ1) is 11.6. The van der Waals surface area contributed by atoms with Crippen molar-refractivity contribution < 1.29 is 4.79 Å². The fourth-order valence-corrected chi connectivity index (χ4v) is 2.78. The van der Waals surface area contributed by atoms with Crippen molar-refractivity contribution in [3.05, 3.63) is 54.0 Å². The van der Waals surface area contributed by atoms with Crippen LogP contribution in [0.2, 0.25) is 0 Å². The smallest absolute Gasteiger partial charge is 0.270 e. The molecule has 126 valence electrons. The molecular weight excluding hydrogens is 302 g/mol. The van der Waals surface area contributed by atoms with Crippen LogP contribution in [0.3, 0.4) is 0 Å². The Balaban J connectivity index is 1.68. The zero-order valence-electron chi connectivity index (χ0n) is 14.1. The maximum Gasteiger partial charge on any atom is 0.270 e. The fraction of sp³-hybridized carbons (Fsp3) is 0.389. The van der Waals surface area contributed by atoms with Gasteiger partial charge >= 0.3 is 0 Å². The second-order valence-electron chi connectivity index (χ2n) is 6.16. The molecule has 1 N–H and O–H groups in total. The van der Waals surface area contributed by atoms with Gasteiger partial charge in [-0.1, -0.05) is 30.3 Å². The van der Waals surface area contributed by atoms with Crippen molar-refractivity contribution in [2.45, 2.75) is 13.0 Å². The molecule has 1 unspecified atom stereocenters. The van der Waals surface area contributed by atoms with Crippen molar-refractivity contribution >= 4 is 11.7 Å². The van der Waals surface area contributed by atoms with Gasteiger partial charge < -0.3 is 15.1 Å². The Labute approximate surface area is 142 Å². The van der Waals surface area contributed by atoms with Crippen molar-refractivity contribution in [3.63, 3.8) is 0 Å². The molecule has 1 atom stereocenters. The van der Waals surface area contributed by atoms with Gasteiger partial charge in [-0.3, -0.25) is 4.79 Å². The van der Waals surface area contributed by atoms with Gasteiger partial charge in [-0.2, -0.15) is 0 Å². The number of nitrogens with zero attached hydrogens (tertiary/aromatic N) is 4. The molecule has 6 heteroatoms. The molecule has 6 nitrogen and oxygen atoms in total. The van der Waals surface area contributed by atoms with Crippen molar-refractivity contribution in [1.82, 2.24) is 20.2 Å². The van der Waals surface area contributed by atoms with Crippen LogP contribution in [0.15, 0.2) is 42.7 Å². The lowest BCUT2D eigenvalue weighted by Crippen LogP contribution is -2.45. The summed E-state index contributed by atoms with van der Waals surface area (Å²) in [7, 11) is 2.11. The number of hydrogen-bond donors (Lipinski definition) is 1. The summed E-state index contributed by atoms with van der Waals surface area (Å²) < 4.78 is 0. The topological polar surface area (TPSA) is 61.4 Å². The minimum atomic E-state index is -0.177. The monoisotopic (exact) mass is 325 g/mol. The van der Waals surface area contributed by atoms with Crippen molar-refractivity contribution in [2.24, 2.45) is 0 Å². The van der Waals surface area contributed by atoms with Gasteiger partial charge in [0, 0.05) is 32.2 Å². The Kier molecular flexibility index (Phi) is 5.05. The molecule has 1 saturated heterocycles. The largest absolute Gasteiger partial charge is 0.354 e. The highest BCUT2D eigenvalue weighted by Crippen LogP contribution is 2.15. The number of amides is 1. The molecule has 0 aliphatic carbocycles. The van der Waals surface area contributed by atoms with Crippen LogP contribution in [-0.4, -0.2) is 54.0 Å². The molecule has 0 spiro atoms. The van der Waals surface area contributed by atoms with Crippen LogP contribution in [0.4, 0.5) is 5.82 Å². The summed E-state index contributed by atoms with van der Waals surface area (Å²) in [4.78, 5) is 25.4. The number of anilines is 1. The number of piperazine rings is 1. The maximum absolute atomic E-state index is 12.5. The van der Waals surface area contributed by atoms with Crippen LogP contribution < -0.4 is 10.2 Å². The molecule has 1 aromatic heterocycles. The molecule has 2 aromatic rings. The van der Waals surface area contributed by atoms with Crippen molar-refractivity contribution in [1.29, 1.82) is 0 Å². The van der Waals surface area contributed by atoms with E-state index < -0.39 is 0 Å². The summed E-state index contributed by atoms with van der Waals surface area (Å²) >= 11 is 0. The first-order valence-electron chi connectivity index (χ1n) is 8.25. The van der Waals surface area contributed by atoms with Gasteiger partial charge in [-0.25, -0.2) is 9.97 Å². The highest BCUT2D eigenvalue weighted by molar-refractivity contribution is 5.93. The SMILES string of the molecule is CC(NC(=O)c1cc(N2CCN(C)CC2)ncn1)c1ccccc1. The number of hydrogen-bond acceptors (Lipinski definition) is 5. The molecule has 3 rings (SSSR count). The summed E-state index contributed by atoms with van der Waals surface area (Å²) in [5, 5.41) is 2.99. The minimum Gasteiger partial charge on any atom is -0.354 e. The number of aromatic nitrogens is 2. The standard InChI is InChI=1S/C18H23N5O/c1-14(15-6-4-3-5-7-15)21-18(24)16-12-17(20-13-19-16)23-10-8-22(2)9-11-23/h3-7,12-14H,8-11H2,1-2H3,(H,21,24). The summed E-state index contributed by atoms with van der Waals surface area (Å²) in [5.41, 5.74) is 1.47. The molecular formula is C18H23N5O. The van der Waals surface area contributed by atoms with E-state index in [1.807, 2.05) is 37.3 Å². The molecule has 1 aromatic carbocycles. The van der Waals surface area contributed by atoms with E-state index in [1.54, 1.807) is 6.07 Å². The van der Waals surface area contributed by atoms with Crippen LogP contribution in [0.1, 0.15) is 29.0 Å². The Hall–Kier alpha value is -2.47. The number of rotatable bonds is 4.